The van der Waals surface area contributed by atoms with Crippen molar-refractivity contribution in [3.05, 3.63) is 72.8 Å². The molecule has 1 N–H and O–H groups in total. The van der Waals surface area contributed by atoms with E-state index in [4.69, 9.17) is 4.74 Å². The summed E-state index contributed by atoms with van der Waals surface area (Å²) in [6.45, 7) is 4.49. The average Bonchev–Trinajstić information content (AvgIpc) is 2.80. The summed E-state index contributed by atoms with van der Waals surface area (Å²) in [5.41, 5.74) is 0.971. The Hall–Kier alpha value is -3.61. The van der Waals surface area contributed by atoms with Crippen molar-refractivity contribution in [1.29, 1.82) is 0 Å². The maximum atomic E-state index is 12.7. The number of carbonyl (C=O) groups excluding carboxylic acids is 1. The van der Waals surface area contributed by atoms with Crippen LogP contribution in [-0.2, 0) is 4.79 Å². The van der Waals surface area contributed by atoms with Crippen LogP contribution in [0.25, 0.3) is 0 Å². The molecule has 0 unspecified atom stereocenters. The summed E-state index contributed by atoms with van der Waals surface area (Å²) in [5.74, 6) is 2.23. The molecule has 1 atom stereocenters. The SMILES string of the molecule is C[C@H](Oc1ccccc1)C(=O)N1CCN(c2ccc(Nc3ccccc3)nn2)CC1. The Balaban J connectivity index is 1.29. The average molecular weight is 403 g/mol. The minimum atomic E-state index is -0.512. The van der Waals surface area contributed by atoms with E-state index in [1.165, 1.54) is 0 Å². The van der Waals surface area contributed by atoms with E-state index in [0.717, 1.165) is 11.5 Å². The zero-order valence-electron chi connectivity index (χ0n) is 16.9. The molecule has 0 bridgehead atoms. The first-order valence-electron chi connectivity index (χ1n) is 10.1. The number of anilines is 3. The molecule has 1 amide bonds. The molecule has 1 fully saturated rings. The number of ether oxygens (including phenoxy) is 1. The second-order valence-electron chi connectivity index (χ2n) is 7.15. The van der Waals surface area contributed by atoms with Crippen LogP contribution in [0, 0.1) is 0 Å². The summed E-state index contributed by atoms with van der Waals surface area (Å²) in [5, 5.41) is 11.8. The van der Waals surface area contributed by atoms with Crippen LogP contribution < -0.4 is 15.0 Å². The van der Waals surface area contributed by atoms with Crippen LogP contribution in [-0.4, -0.2) is 53.3 Å². The fourth-order valence-corrected chi connectivity index (χ4v) is 3.40. The standard InChI is InChI=1S/C23H25N5O2/c1-18(30-20-10-6-3-7-11-20)23(29)28-16-14-27(15-17-28)22-13-12-21(25-26-22)24-19-8-4-2-5-9-19/h2-13,18H,14-17H2,1H3,(H,24,25)/t18-/m0/s1. The maximum absolute atomic E-state index is 12.7. The molecule has 1 aromatic heterocycles. The topological polar surface area (TPSA) is 70.6 Å². The van der Waals surface area contributed by atoms with E-state index in [1.807, 2.05) is 77.7 Å². The number of amides is 1. The molecular formula is C23H25N5O2. The molecule has 7 heteroatoms. The van der Waals surface area contributed by atoms with Gasteiger partial charge in [0.25, 0.3) is 5.91 Å². The largest absolute Gasteiger partial charge is 0.481 e. The molecule has 0 aliphatic carbocycles. The first kappa shape index (κ1) is 19.7. The molecule has 2 heterocycles. The van der Waals surface area contributed by atoms with E-state index in [0.29, 0.717) is 37.7 Å². The molecule has 3 aromatic rings. The highest BCUT2D eigenvalue weighted by Crippen LogP contribution is 2.18. The van der Waals surface area contributed by atoms with E-state index in [9.17, 15) is 4.79 Å². The van der Waals surface area contributed by atoms with Crippen LogP contribution >= 0.6 is 0 Å². The van der Waals surface area contributed by atoms with Gasteiger partial charge in [-0.2, -0.15) is 0 Å². The van der Waals surface area contributed by atoms with Gasteiger partial charge in [0.15, 0.2) is 17.7 Å². The minimum absolute atomic E-state index is 0.00648. The lowest BCUT2D eigenvalue weighted by molar-refractivity contribution is -0.138. The zero-order valence-corrected chi connectivity index (χ0v) is 16.9. The number of para-hydroxylation sites is 2. The van der Waals surface area contributed by atoms with Crippen LogP contribution in [0.1, 0.15) is 6.92 Å². The summed E-state index contributed by atoms with van der Waals surface area (Å²) >= 11 is 0. The zero-order chi connectivity index (χ0) is 20.8. The monoisotopic (exact) mass is 403 g/mol. The highest BCUT2D eigenvalue weighted by Gasteiger charge is 2.26. The van der Waals surface area contributed by atoms with Crippen molar-refractivity contribution in [2.24, 2.45) is 0 Å². The molecule has 7 nitrogen and oxygen atoms in total. The molecule has 1 aliphatic rings. The van der Waals surface area contributed by atoms with E-state index in [-0.39, 0.29) is 5.91 Å². The van der Waals surface area contributed by atoms with Gasteiger partial charge in [0, 0.05) is 31.9 Å². The van der Waals surface area contributed by atoms with Gasteiger partial charge >= 0.3 is 0 Å². The van der Waals surface area contributed by atoms with Crippen molar-refractivity contribution in [3.63, 3.8) is 0 Å². The number of piperazine rings is 1. The Morgan fingerprint density at radius 2 is 1.57 bits per heavy atom. The van der Waals surface area contributed by atoms with Gasteiger partial charge in [-0.15, -0.1) is 10.2 Å². The third-order valence-corrected chi connectivity index (χ3v) is 5.02. The quantitative estimate of drug-likeness (QED) is 0.681. The molecule has 0 spiro atoms. The Bertz CT molecular complexity index is 942. The lowest BCUT2D eigenvalue weighted by atomic mass is 10.2. The minimum Gasteiger partial charge on any atom is -0.481 e. The van der Waals surface area contributed by atoms with Gasteiger partial charge < -0.3 is 19.9 Å². The van der Waals surface area contributed by atoms with E-state index >= 15 is 0 Å². The third-order valence-electron chi connectivity index (χ3n) is 5.02. The number of nitrogens with zero attached hydrogens (tertiary/aromatic N) is 4. The number of hydrogen-bond acceptors (Lipinski definition) is 6. The van der Waals surface area contributed by atoms with Crippen LogP contribution in [0.4, 0.5) is 17.3 Å². The normalized spacial score (nSPS) is 14.8. The van der Waals surface area contributed by atoms with Crippen LogP contribution in [0.2, 0.25) is 0 Å². The van der Waals surface area contributed by atoms with Gasteiger partial charge in [-0.3, -0.25) is 4.79 Å². The fraction of sp³-hybridized carbons (Fsp3) is 0.261. The third kappa shape index (κ3) is 4.86. The van der Waals surface area contributed by atoms with Crippen molar-refractivity contribution < 1.29 is 9.53 Å². The highest BCUT2D eigenvalue weighted by molar-refractivity contribution is 5.81. The van der Waals surface area contributed by atoms with Gasteiger partial charge in [0.05, 0.1) is 0 Å². The number of nitrogens with one attached hydrogen (secondary N) is 1. The first-order chi connectivity index (χ1) is 14.7. The molecule has 1 aliphatic heterocycles. The lowest BCUT2D eigenvalue weighted by Gasteiger charge is -2.36. The van der Waals surface area contributed by atoms with Crippen LogP contribution in [0.15, 0.2) is 72.8 Å². The second-order valence-corrected chi connectivity index (χ2v) is 7.15. The summed E-state index contributed by atoms with van der Waals surface area (Å²) in [4.78, 5) is 16.7. The maximum Gasteiger partial charge on any atom is 0.263 e. The summed E-state index contributed by atoms with van der Waals surface area (Å²) < 4.78 is 5.77. The van der Waals surface area contributed by atoms with Gasteiger partial charge in [0.2, 0.25) is 0 Å². The van der Waals surface area contributed by atoms with E-state index in [2.05, 4.69) is 20.4 Å². The second kappa shape index (κ2) is 9.26. The van der Waals surface area contributed by atoms with Gasteiger partial charge in [-0.25, -0.2) is 0 Å². The smallest absolute Gasteiger partial charge is 0.263 e. The molecule has 2 aromatic carbocycles. The number of benzene rings is 2. The van der Waals surface area contributed by atoms with Gasteiger partial charge in [0.1, 0.15) is 5.75 Å². The Morgan fingerprint density at radius 3 is 2.20 bits per heavy atom. The summed E-state index contributed by atoms with van der Waals surface area (Å²) in [7, 11) is 0. The van der Waals surface area contributed by atoms with Crippen molar-refractivity contribution in [1.82, 2.24) is 15.1 Å². The molecule has 4 rings (SSSR count). The number of carbonyl (C=O) groups is 1. The highest BCUT2D eigenvalue weighted by atomic mass is 16.5. The van der Waals surface area contributed by atoms with Crippen molar-refractivity contribution >= 4 is 23.2 Å². The number of rotatable bonds is 6. The van der Waals surface area contributed by atoms with Crippen molar-refractivity contribution in [2.75, 3.05) is 36.4 Å². The molecule has 30 heavy (non-hydrogen) atoms. The van der Waals surface area contributed by atoms with Crippen LogP contribution in [0.5, 0.6) is 5.75 Å². The predicted molar refractivity (Wildman–Crippen MR) is 117 cm³/mol. The van der Waals surface area contributed by atoms with Crippen molar-refractivity contribution in [2.45, 2.75) is 13.0 Å². The molecular weight excluding hydrogens is 378 g/mol. The van der Waals surface area contributed by atoms with E-state index < -0.39 is 6.10 Å². The van der Waals surface area contributed by atoms with E-state index in [1.54, 1.807) is 6.92 Å². The fourth-order valence-electron chi connectivity index (χ4n) is 3.40. The Labute approximate surface area is 176 Å². The lowest BCUT2D eigenvalue weighted by Crippen LogP contribution is -2.52. The van der Waals surface area contributed by atoms with Crippen LogP contribution in [0.3, 0.4) is 0 Å². The van der Waals surface area contributed by atoms with Crippen molar-refractivity contribution in [3.8, 4) is 5.75 Å². The molecule has 154 valence electrons. The Morgan fingerprint density at radius 1 is 0.900 bits per heavy atom. The summed E-state index contributed by atoms with van der Waals surface area (Å²) in [6.07, 6.45) is -0.512. The first-order valence-corrected chi connectivity index (χ1v) is 10.1. The van der Waals surface area contributed by atoms with Gasteiger partial charge in [-0.1, -0.05) is 36.4 Å². The molecule has 1 saturated heterocycles. The number of hydrogen-bond donors (Lipinski definition) is 1. The van der Waals surface area contributed by atoms with Gasteiger partial charge in [-0.05, 0) is 43.3 Å². The number of aromatic nitrogens is 2. The predicted octanol–water partition coefficient (Wildman–Crippen LogP) is 3.34. The Kier molecular flexibility index (Phi) is 6.08. The molecule has 0 saturated carbocycles. The summed E-state index contributed by atoms with van der Waals surface area (Å²) in [6, 6.07) is 23.2. The molecule has 0 radical (unpaired) electrons.